The molecule has 3 amide bonds. The molecule has 10 nitrogen and oxygen atoms in total. The van der Waals surface area contributed by atoms with Gasteiger partial charge in [-0.2, -0.15) is 10.2 Å². The molecule has 228 valence electrons. The van der Waals surface area contributed by atoms with E-state index in [0.717, 1.165) is 52.1 Å². The molecule has 0 radical (unpaired) electrons. The van der Waals surface area contributed by atoms with E-state index in [0.29, 0.717) is 11.4 Å². The minimum atomic E-state index is -1.03. The summed E-state index contributed by atoms with van der Waals surface area (Å²) in [6.45, 7) is 3.86. The molecule has 10 heteroatoms. The van der Waals surface area contributed by atoms with Gasteiger partial charge in [-0.05, 0) is 68.0 Å². The summed E-state index contributed by atoms with van der Waals surface area (Å²) in [5, 5.41) is 16.2. The van der Waals surface area contributed by atoms with Crippen LogP contribution in [-0.2, 0) is 14.4 Å². The first-order chi connectivity index (χ1) is 21.8. The number of rotatable bonds is 6. The van der Waals surface area contributed by atoms with Crippen molar-refractivity contribution in [2.45, 2.75) is 51.2 Å². The second-order valence-corrected chi connectivity index (χ2v) is 12.0. The van der Waals surface area contributed by atoms with E-state index in [4.69, 9.17) is 9.84 Å². The highest BCUT2D eigenvalue weighted by molar-refractivity contribution is 6.26. The van der Waals surface area contributed by atoms with Crippen LogP contribution < -0.4 is 9.64 Å². The summed E-state index contributed by atoms with van der Waals surface area (Å²) in [6.07, 6.45) is 4.96. The number of ether oxygens (including phenoxy) is 1. The minimum absolute atomic E-state index is 0.0331. The van der Waals surface area contributed by atoms with Crippen molar-refractivity contribution < 1.29 is 19.1 Å². The van der Waals surface area contributed by atoms with Crippen LogP contribution in [0.2, 0.25) is 0 Å². The first-order valence-corrected chi connectivity index (χ1v) is 15.3. The number of para-hydroxylation sites is 2. The number of hydrogen-bond donors (Lipinski definition) is 0. The Labute approximate surface area is 261 Å². The molecule has 4 unspecified atom stereocenters. The predicted molar refractivity (Wildman–Crippen MR) is 169 cm³/mol. The van der Waals surface area contributed by atoms with Gasteiger partial charge < -0.3 is 4.74 Å². The van der Waals surface area contributed by atoms with Gasteiger partial charge in [-0.1, -0.05) is 77.0 Å². The van der Waals surface area contributed by atoms with Gasteiger partial charge in [-0.25, -0.2) is 9.91 Å². The van der Waals surface area contributed by atoms with Crippen LogP contribution in [0.5, 0.6) is 5.75 Å². The maximum Gasteiger partial charge on any atom is 0.264 e. The van der Waals surface area contributed by atoms with Gasteiger partial charge in [0.1, 0.15) is 12.3 Å². The molecule has 4 aliphatic rings. The van der Waals surface area contributed by atoms with Crippen LogP contribution in [0.25, 0.3) is 6.08 Å². The summed E-state index contributed by atoms with van der Waals surface area (Å²) in [7, 11) is 1.48. The standard InChI is InChI=1S/C35H34N6O4/c1-21-11-15-23(16-12-21)19-25-7-6-8-26-30(25)37-41(32(26)24-17-13-22(2)14-18-24)29(42)20-39-33-31(36-38-39)34(43)40(35(33)44)27-9-4-5-10-28(27)45-3/h4-5,9-19,26,31-33H,6-8,20H2,1-3H3/b25-19+. The summed E-state index contributed by atoms with van der Waals surface area (Å²) >= 11 is 0. The molecule has 3 aromatic rings. The van der Waals surface area contributed by atoms with Crippen LogP contribution in [-0.4, -0.2) is 59.2 Å². The van der Waals surface area contributed by atoms with Crippen LogP contribution in [0.15, 0.2) is 93.8 Å². The average molecular weight is 603 g/mol. The van der Waals surface area contributed by atoms with Crippen molar-refractivity contribution in [2.24, 2.45) is 21.4 Å². The van der Waals surface area contributed by atoms with Gasteiger partial charge in [0.25, 0.3) is 17.7 Å². The van der Waals surface area contributed by atoms with E-state index in [1.807, 2.05) is 6.92 Å². The molecule has 1 saturated heterocycles. The second-order valence-electron chi connectivity index (χ2n) is 12.0. The summed E-state index contributed by atoms with van der Waals surface area (Å²) in [6, 6.07) is 21.1. The largest absolute Gasteiger partial charge is 0.495 e. The number of carbonyl (C=O) groups excluding carboxylic acids is 3. The lowest BCUT2D eigenvalue weighted by Crippen LogP contribution is -2.45. The Morgan fingerprint density at radius 1 is 0.933 bits per heavy atom. The number of imide groups is 1. The fourth-order valence-corrected chi connectivity index (χ4v) is 6.78. The Balaban J connectivity index is 1.19. The highest BCUT2D eigenvalue weighted by Crippen LogP contribution is 2.45. The van der Waals surface area contributed by atoms with E-state index in [-0.39, 0.29) is 24.4 Å². The zero-order chi connectivity index (χ0) is 31.2. The van der Waals surface area contributed by atoms with Crippen molar-refractivity contribution in [1.82, 2.24) is 10.0 Å². The Morgan fingerprint density at radius 3 is 2.38 bits per heavy atom. The Morgan fingerprint density at radius 2 is 1.64 bits per heavy atom. The smallest absolute Gasteiger partial charge is 0.264 e. The third kappa shape index (κ3) is 5.00. The first-order valence-electron chi connectivity index (χ1n) is 15.3. The molecule has 0 bridgehead atoms. The van der Waals surface area contributed by atoms with Crippen molar-refractivity contribution in [3.8, 4) is 5.75 Å². The summed E-state index contributed by atoms with van der Waals surface area (Å²) in [5.41, 5.74) is 6.83. The van der Waals surface area contributed by atoms with E-state index in [9.17, 15) is 14.4 Å². The van der Waals surface area contributed by atoms with Gasteiger partial charge in [0.2, 0.25) is 0 Å². The van der Waals surface area contributed by atoms with Crippen LogP contribution in [0.4, 0.5) is 5.69 Å². The van der Waals surface area contributed by atoms with Gasteiger partial charge in [0, 0.05) is 5.92 Å². The van der Waals surface area contributed by atoms with Crippen molar-refractivity contribution in [3.05, 3.63) is 101 Å². The number of carbonyl (C=O) groups is 3. The van der Waals surface area contributed by atoms with E-state index >= 15 is 0 Å². The van der Waals surface area contributed by atoms with Gasteiger partial charge >= 0.3 is 0 Å². The first kappa shape index (κ1) is 28.6. The molecule has 0 aromatic heterocycles. The van der Waals surface area contributed by atoms with Crippen LogP contribution in [0.1, 0.15) is 47.6 Å². The fourth-order valence-electron chi connectivity index (χ4n) is 6.78. The molecule has 0 N–H and O–H groups in total. The van der Waals surface area contributed by atoms with Crippen molar-refractivity contribution in [1.29, 1.82) is 0 Å². The average Bonchev–Trinajstić information content (AvgIpc) is 3.72. The number of hydrazone groups is 1. The summed E-state index contributed by atoms with van der Waals surface area (Å²) in [5.74, 6) is -0.876. The molecule has 0 spiro atoms. The third-order valence-electron chi connectivity index (χ3n) is 9.08. The van der Waals surface area contributed by atoms with Crippen molar-refractivity contribution >= 4 is 35.2 Å². The lowest BCUT2D eigenvalue weighted by Gasteiger charge is -2.30. The molecule has 7 rings (SSSR count). The maximum absolute atomic E-state index is 14.2. The van der Waals surface area contributed by atoms with Crippen molar-refractivity contribution in [2.75, 3.05) is 18.6 Å². The number of amides is 3. The van der Waals surface area contributed by atoms with E-state index < -0.39 is 23.9 Å². The monoisotopic (exact) mass is 602 g/mol. The Kier molecular flexibility index (Phi) is 7.27. The second kappa shape index (κ2) is 11.4. The number of nitrogens with zero attached hydrogens (tertiary/aromatic N) is 6. The van der Waals surface area contributed by atoms with Crippen LogP contribution in [0, 0.1) is 19.8 Å². The number of anilines is 1. The topological polar surface area (TPSA) is 107 Å². The minimum Gasteiger partial charge on any atom is -0.495 e. The SMILES string of the molecule is COc1ccccc1N1C(=O)C2N=NN(CC(=O)N3N=C4/C(=C/c5ccc(C)cc5)CCCC4C3c3ccc(C)cc3)C2C1=O. The quantitative estimate of drug-likeness (QED) is 0.350. The summed E-state index contributed by atoms with van der Waals surface area (Å²) in [4.78, 5) is 42.2. The lowest BCUT2D eigenvalue weighted by atomic mass is 9.77. The number of aryl methyl sites for hydroxylation is 2. The summed E-state index contributed by atoms with van der Waals surface area (Å²) < 4.78 is 5.40. The number of methoxy groups -OCH3 is 1. The normalized spacial score (nSPS) is 24.7. The van der Waals surface area contributed by atoms with Gasteiger partial charge in [0.15, 0.2) is 12.1 Å². The Bertz CT molecular complexity index is 1760. The number of hydrogen-bond acceptors (Lipinski definition) is 8. The molecule has 3 aliphatic heterocycles. The molecule has 2 fully saturated rings. The predicted octanol–water partition coefficient (Wildman–Crippen LogP) is 5.43. The van der Waals surface area contributed by atoms with Crippen LogP contribution in [0.3, 0.4) is 0 Å². The molecular weight excluding hydrogens is 568 g/mol. The maximum atomic E-state index is 14.2. The third-order valence-corrected chi connectivity index (χ3v) is 9.08. The van der Waals surface area contributed by atoms with E-state index in [2.05, 4.69) is 71.9 Å². The van der Waals surface area contributed by atoms with E-state index in [1.165, 1.54) is 17.7 Å². The lowest BCUT2D eigenvalue weighted by molar-refractivity contribution is -0.136. The van der Waals surface area contributed by atoms with Crippen molar-refractivity contribution in [3.63, 3.8) is 0 Å². The highest BCUT2D eigenvalue weighted by atomic mass is 16.5. The number of fused-ring (bicyclic) bond motifs is 2. The molecule has 3 heterocycles. The van der Waals surface area contributed by atoms with Crippen LogP contribution >= 0.6 is 0 Å². The Hall–Kier alpha value is -5.12. The molecule has 45 heavy (non-hydrogen) atoms. The van der Waals surface area contributed by atoms with Gasteiger partial charge in [-0.15, -0.1) is 0 Å². The molecule has 1 saturated carbocycles. The van der Waals surface area contributed by atoms with Gasteiger partial charge in [-0.3, -0.25) is 19.4 Å². The van der Waals surface area contributed by atoms with E-state index in [1.54, 1.807) is 29.3 Å². The zero-order valence-corrected chi connectivity index (χ0v) is 25.5. The molecule has 3 aromatic carbocycles. The molecular formula is C35H34N6O4. The number of allylic oxidation sites excluding steroid dienone is 1. The highest BCUT2D eigenvalue weighted by Gasteiger charge is 2.56. The molecule has 4 atom stereocenters. The zero-order valence-electron chi connectivity index (χ0n) is 25.5. The molecule has 1 aliphatic carbocycles. The van der Waals surface area contributed by atoms with Gasteiger partial charge in [0.05, 0.1) is 24.6 Å². The number of benzene rings is 3. The fraction of sp³-hybridized carbons (Fsp3) is 0.314.